The molecule has 2 atom stereocenters. The van der Waals surface area contributed by atoms with E-state index in [-0.39, 0.29) is 17.9 Å². The highest BCUT2D eigenvalue weighted by Crippen LogP contribution is 2.35. The van der Waals surface area contributed by atoms with E-state index in [1.54, 1.807) is 6.07 Å². The summed E-state index contributed by atoms with van der Waals surface area (Å²) in [5, 5.41) is 2.84. The van der Waals surface area contributed by atoms with Crippen molar-refractivity contribution in [3.8, 4) is 0 Å². The van der Waals surface area contributed by atoms with Crippen LogP contribution in [0.3, 0.4) is 0 Å². The molecule has 0 spiro atoms. The summed E-state index contributed by atoms with van der Waals surface area (Å²) < 4.78 is 1.91. The SMILES string of the molecule is O=C(Cc1ccccc1)Nc1ccc2n(c1=O)C[C@H]1C[C@@H]2CN(CCCc2ccccc2)C1. The predicted octanol–water partition coefficient (Wildman–Crippen LogP) is 4.08. The van der Waals surface area contributed by atoms with Gasteiger partial charge in [0.25, 0.3) is 5.56 Å². The number of anilines is 1. The van der Waals surface area contributed by atoms with Crippen LogP contribution in [0.4, 0.5) is 5.69 Å². The number of carbonyl (C=O) groups excluding carboxylic acids is 1. The summed E-state index contributed by atoms with van der Waals surface area (Å²) in [5.74, 6) is 0.719. The van der Waals surface area contributed by atoms with Crippen LogP contribution in [0.1, 0.15) is 35.6 Å². The highest BCUT2D eigenvalue weighted by molar-refractivity contribution is 5.92. The minimum atomic E-state index is -0.153. The number of aromatic nitrogens is 1. The fraction of sp³-hybridized carbons (Fsp3) is 0.357. The molecule has 3 aromatic rings. The Morgan fingerprint density at radius 1 is 0.879 bits per heavy atom. The number of amides is 1. The van der Waals surface area contributed by atoms with E-state index in [4.69, 9.17) is 0 Å². The Hall–Kier alpha value is -3.18. The van der Waals surface area contributed by atoms with Gasteiger partial charge in [-0.05, 0) is 55.0 Å². The molecule has 33 heavy (non-hydrogen) atoms. The van der Waals surface area contributed by atoms with E-state index in [9.17, 15) is 9.59 Å². The number of fused-ring (bicyclic) bond motifs is 4. The summed E-state index contributed by atoms with van der Waals surface area (Å²) in [4.78, 5) is 28.2. The fourth-order valence-electron chi connectivity index (χ4n) is 5.45. The second kappa shape index (κ2) is 9.75. The summed E-state index contributed by atoms with van der Waals surface area (Å²) in [6.07, 6.45) is 3.68. The fourth-order valence-corrected chi connectivity index (χ4v) is 5.45. The van der Waals surface area contributed by atoms with Crippen LogP contribution in [0.25, 0.3) is 0 Å². The lowest BCUT2D eigenvalue weighted by atomic mass is 9.83. The van der Waals surface area contributed by atoms with Gasteiger partial charge >= 0.3 is 0 Å². The van der Waals surface area contributed by atoms with Gasteiger partial charge in [-0.1, -0.05) is 60.7 Å². The summed E-state index contributed by atoms with van der Waals surface area (Å²) in [5.41, 5.74) is 3.77. The van der Waals surface area contributed by atoms with Crippen molar-refractivity contribution in [3.63, 3.8) is 0 Å². The van der Waals surface area contributed by atoms with Crippen molar-refractivity contribution in [2.45, 2.75) is 38.1 Å². The van der Waals surface area contributed by atoms with Crippen LogP contribution in [0, 0.1) is 5.92 Å². The van der Waals surface area contributed by atoms with Gasteiger partial charge in [-0.25, -0.2) is 0 Å². The molecular weight excluding hydrogens is 410 g/mol. The van der Waals surface area contributed by atoms with Gasteiger partial charge in [-0.2, -0.15) is 0 Å². The van der Waals surface area contributed by atoms with Crippen molar-refractivity contribution in [2.24, 2.45) is 5.92 Å². The maximum atomic E-state index is 13.2. The zero-order valence-corrected chi connectivity index (χ0v) is 19.0. The van der Waals surface area contributed by atoms with Crippen molar-refractivity contribution in [3.05, 3.63) is 100.0 Å². The third-order valence-electron chi connectivity index (χ3n) is 6.94. The number of nitrogens with one attached hydrogen (secondary N) is 1. The lowest BCUT2D eigenvalue weighted by molar-refractivity contribution is -0.115. The predicted molar refractivity (Wildman–Crippen MR) is 132 cm³/mol. The highest BCUT2D eigenvalue weighted by atomic mass is 16.2. The molecule has 2 aliphatic heterocycles. The normalized spacial score (nSPS) is 19.6. The zero-order valence-electron chi connectivity index (χ0n) is 19.0. The van der Waals surface area contributed by atoms with Gasteiger partial charge in [0, 0.05) is 31.2 Å². The molecule has 170 valence electrons. The van der Waals surface area contributed by atoms with Gasteiger partial charge in [-0.15, -0.1) is 0 Å². The average Bonchev–Trinajstić information content (AvgIpc) is 2.82. The molecule has 1 amide bonds. The Balaban J connectivity index is 1.23. The van der Waals surface area contributed by atoms with Crippen molar-refractivity contribution < 1.29 is 4.79 Å². The van der Waals surface area contributed by atoms with E-state index in [2.05, 4.69) is 40.5 Å². The molecule has 0 saturated carbocycles. The van der Waals surface area contributed by atoms with Crippen LogP contribution in [-0.4, -0.2) is 35.0 Å². The van der Waals surface area contributed by atoms with Crippen LogP contribution >= 0.6 is 0 Å². The quantitative estimate of drug-likeness (QED) is 0.601. The van der Waals surface area contributed by atoms with Crippen LogP contribution in [0.15, 0.2) is 77.6 Å². The van der Waals surface area contributed by atoms with Crippen molar-refractivity contribution in [1.29, 1.82) is 0 Å². The minimum absolute atomic E-state index is 0.0684. The molecule has 3 heterocycles. The molecule has 0 aliphatic carbocycles. The number of pyridine rings is 1. The maximum absolute atomic E-state index is 13.2. The summed E-state index contributed by atoms with van der Waals surface area (Å²) in [6.45, 7) is 3.88. The van der Waals surface area contributed by atoms with Gasteiger partial charge in [0.2, 0.25) is 5.91 Å². The summed E-state index contributed by atoms with van der Waals surface area (Å²) >= 11 is 0. The monoisotopic (exact) mass is 441 g/mol. The number of hydrogen-bond donors (Lipinski definition) is 1. The van der Waals surface area contributed by atoms with Crippen LogP contribution in [0.5, 0.6) is 0 Å². The number of hydrogen-bond acceptors (Lipinski definition) is 3. The van der Waals surface area contributed by atoms with Crippen molar-refractivity contribution in [1.82, 2.24) is 9.47 Å². The Bertz CT molecular complexity index is 1160. The van der Waals surface area contributed by atoms with E-state index in [0.29, 0.717) is 17.5 Å². The first-order chi connectivity index (χ1) is 16.2. The molecule has 1 aromatic heterocycles. The first-order valence-electron chi connectivity index (χ1n) is 12.0. The van der Waals surface area contributed by atoms with Gasteiger partial charge < -0.3 is 14.8 Å². The van der Waals surface area contributed by atoms with Gasteiger partial charge in [0.05, 0.1) is 6.42 Å². The molecule has 2 bridgehead atoms. The van der Waals surface area contributed by atoms with Gasteiger partial charge in [-0.3, -0.25) is 9.59 Å². The Kier molecular flexibility index (Phi) is 6.40. The maximum Gasteiger partial charge on any atom is 0.274 e. The van der Waals surface area contributed by atoms with Crippen molar-refractivity contribution in [2.75, 3.05) is 25.0 Å². The number of benzene rings is 2. The van der Waals surface area contributed by atoms with Crippen LogP contribution < -0.4 is 10.9 Å². The highest BCUT2D eigenvalue weighted by Gasteiger charge is 2.34. The van der Waals surface area contributed by atoms with E-state index in [0.717, 1.165) is 56.7 Å². The largest absolute Gasteiger partial charge is 0.321 e. The van der Waals surface area contributed by atoms with E-state index in [1.165, 1.54) is 5.56 Å². The minimum Gasteiger partial charge on any atom is -0.321 e. The van der Waals surface area contributed by atoms with Crippen LogP contribution in [0.2, 0.25) is 0 Å². The van der Waals surface area contributed by atoms with Crippen LogP contribution in [-0.2, 0) is 24.2 Å². The second-order valence-corrected chi connectivity index (χ2v) is 9.45. The first kappa shape index (κ1) is 21.7. The smallest absolute Gasteiger partial charge is 0.274 e. The molecule has 1 N–H and O–H groups in total. The van der Waals surface area contributed by atoms with E-state index in [1.807, 2.05) is 41.0 Å². The number of nitrogens with zero attached hydrogens (tertiary/aromatic N) is 2. The average molecular weight is 442 g/mol. The zero-order chi connectivity index (χ0) is 22.6. The number of carbonyl (C=O) groups is 1. The summed E-state index contributed by atoms with van der Waals surface area (Å²) in [7, 11) is 0. The van der Waals surface area contributed by atoms with E-state index >= 15 is 0 Å². The molecular formula is C28H31N3O2. The summed E-state index contributed by atoms with van der Waals surface area (Å²) in [6, 6.07) is 24.1. The molecule has 0 radical (unpaired) electrons. The Labute approximate surface area is 195 Å². The molecule has 2 aliphatic rings. The standard InChI is InChI=1S/C28H31N3O2/c32-27(17-22-10-5-2-6-11-22)29-25-13-14-26-24-16-23(19-31(26)28(25)33)18-30(20-24)15-7-12-21-8-3-1-4-9-21/h1-6,8-11,13-14,23-24H,7,12,15-20H2,(H,29,32)/t23-,24+/m0/s1. The Morgan fingerprint density at radius 2 is 1.61 bits per heavy atom. The number of piperidine rings is 1. The van der Waals surface area contributed by atoms with Gasteiger partial charge in [0.15, 0.2) is 0 Å². The number of likely N-dealkylation sites (tertiary alicyclic amines) is 1. The van der Waals surface area contributed by atoms with Gasteiger partial charge in [0.1, 0.15) is 5.69 Å². The Morgan fingerprint density at radius 3 is 2.36 bits per heavy atom. The first-order valence-corrected chi connectivity index (χ1v) is 12.0. The van der Waals surface area contributed by atoms with E-state index < -0.39 is 0 Å². The third-order valence-corrected chi connectivity index (χ3v) is 6.94. The molecule has 5 nitrogen and oxygen atoms in total. The molecule has 5 heteroatoms. The molecule has 5 rings (SSSR count). The topological polar surface area (TPSA) is 54.3 Å². The second-order valence-electron chi connectivity index (χ2n) is 9.45. The molecule has 1 saturated heterocycles. The number of rotatable bonds is 7. The molecule has 2 aromatic carbocycles. The lowest BCUT2D eigenvalue weighted by Crippen LogP contribution is -2.47. The van der Waals surface area contributed by atoms with Crippen molar-refractivity contribution >= 4 is 11.6 Å². The third kappa shape index (κ3) is 5.09. The lowest BCUT2D eigenvalue weighted by Gasteiger charge is -2.43. The number of aryl methyl sites for hydroxylation is 1. The molecule has 1 fully saturated rings. The molecule has 0 unspecified atom stereocenters.